The smallest absolute Gasteiger partial charge is 0.322 e. The average molecular weight is 286 g/mol. The number of carbonyl (C=O) groups excluding carboxylic acids is 1. The Morgan fingerprint density at radius 3 is 3.10 bits per heavy atom. The number of likely N-dealkylation sites (tertiary alicyclic amines) is 1. The molecule has 2 aromatic heterocycles. The van der Waals surface area contributed by atoms with Gasteiger partial charge < -0.3 is 4.90 Å². The SMILES string of the molecule is Cc1cccc(NC(=O)N2CCC[C@@H](n3cncn3)C2)n1. The standard InChI is InChI=1S/C14H18N6O/c1-11-4-2-6-13(17-11)18-14(21)19-7-3-5-12(8-19)20-10-15-9-16-20/h2,4,6,9-10,12H,3,5,7-8H2,1H3,(H,17,18,21)/t12-/m1/s1. The van der Waals surface area contributed by atoms with Gasteiger partial charge in [0.2, 0.25) is 0 Å². The Morgan fingerprint density at radius 2 is 2.33 bits per heavy atom. The van der Waals surface area contributed by atoms with Gasteiger partial charge in [0, 0.05) is 18.8 Å². The van der Waals surface area contributed by atoms with E-state index in [-0.39, 0.29) is 12.1 Å². The van der Waals surface area contributed by atoms with Crippen molar-refractivity contribution in [2.45, 2.75) is 25.8 Å². The first-order valence-corrected chi connectivity index (χ1v) is 7.06. The lowest BCUT2D eigenvalue weighted by Gasteiger charge is -2.32. The van der Waals surface area contributed by atoms with E-state index in [2.05, 4.69) is 20.4 Å². The van der Waals surface area contributed by atoms with E-state index in [0.29, 0.717) is 12.4 Å². The van der Waals surface area contributed by atoms with Crippen LogP contribution in [-0.2, 0) is 0 Å². The highest BCUT2D eigenvalue weighted by Crippen LogP contribution is 2.20. The van der Waals surface area contributed by atoms with Gasteiger partial charge in [-0.05, 0) is 31.9 Å². The summed E-state index contributed by atoms with van der Waals surface area (Å²) in [6, 6.07) is 5.66. The van der Waals surface area contributed by atoms with Gasteiger partial charge in [0.05, 0.1) is 6.04 Å². The second kappa shape index (κ2) is 5.90. The van der Waals surface area contributed by atoms with Crippen molar-refractivity contribution in [3.63, 3.8) is 0 Å². The normalized spacial score (nSPS) is 18.5. The Hall–Kier alpha value is -2.44. The number of piperidine rings is 1. The summed E-state index contributed by atoms with van der Waals surface area (Å²) in [7, 11) is 0. The third-order valence-corrected chi connectivity index (χ3v) is 3.62. The number of amides is 2. The Bertz CT molecular complexity index is 612. The molecule has 0 aromatic carbocycles. The molecule has 0 aliphatic carbocycles. The van der Waals surface area contributed by atoms with Crippen LogP contribution < -0.4 is 5.32 Å². The van der Waals surface area contributed by atoms with E-state index in [1.54, 1.807) is 17.3 Å². The molecule has 2 aromatic rings. The number of urea groups is 1. The highest BCUT2D eigenvalue weighted by Gasteiger charge is 2.25. The molecule has 1 N–H and O–H groups in total. The van der Waals surface area contributed by atoms with Gasteiger partial charge in [0.1, 0.15) is 18.5 Å². The molecule has 3 rings (SSSR count). The second-order valence-corrected chi connectivity index (χ2v) is 5.21. The van der Waals surface area contributed by atoms with Crippen molar-refractivity contribution in [2.75, 3.05) is 18.4 Å². The first kappa shape index (κ1) is 13.5. The van der Waals surface area contributed by atoms with Crippen molar-refractivity contribution < 1.29 is 4.79 Å². The number of nitrogens with zero attached hydrogens (tertiary/aromatic N) is 5. The van der Waals surface area contributed by atoms with Gasteiger partial charge in [0.25, 0.3) is 0 Å². The highest BCUT2D eigenvalue weighted by molar-refractivity contribution is 5.88. The first-order valence-electron chi connectivity index (χ1n) is 7.06. The maximum absolute atomic E-state index is 12.3. The van der Waals surface area contributed by atoms with Crippen LogP contribution in [0.5, 0.6) is 0 Å². The molecule has 1 saturated heterocycles. The zero-order valence-corrected chi connectivity index (χ0v) is 11.9. The van der Waals surface area contributed by atoms with Gasteiger partial charge in [0.15, 0.2) is 0 Å². The summed E-state index contributed by atoms with van der Waals surface area (Å²) in [5, 5.41) is 7.01. The van der Waals surface area contributed by atoms with Crippen LogP contribution in [0.3, 0.4) is 0 Å². The van der Waals surface area contributed by atoms with Gasteiger partial charge in [-0.15, -0.1) is 0 Å². The molecular formula is C14H18N6O. The number of aryl methyl sites for hydroxylation is 1. The number of hydrogen-bond acceptors (Lipinski definition) is 4. The van der Waals surface area contributed by atoms with Crippen LogP contribution in [0.15, 0.2) is 30.9 Å². The zero-order chi connectivity index (χ0) is 14.7. The van der Waals surface area contributed by atoms with Gasteiger partial charge in [-0.2, -0.15) is 5.10 Å². The van der Waals surface area contributed by atoms with Crippen molar-refractivity contribution >= 4 is 11.8 Å². The summed E-state index contributed by atoms with van der Waals surface area (Å²) in [5.74, 6) is 0.586. The third kappa shape index (κ3) is 3.18. The monoisotopic (exact) mass is 286 g/mol. The average Bonchev–Trinajstić information content (AvgIpc) is 3.02. The topological polar surface area (TPSA) is 75.9 Å². The molecule has 0 saturated carbocycles. The van der Waals surface area contributed by atoms with E-state index in [1.165, 1.54) is 6.33 Å². The van der Waals surface area contributed by atoms with Crippen molar-refractivity contribution in [3.05, 3.63) is 36.5 Å². The van der Waals surface area contributed by atoms with Crippen molar-refractivity contribution in [1.29, 1.82) is 0 Å². The highest BCUT2D eigenvalue weighted by atomic mass is 16.2. The number of pyridine rings is 1. The molecular weight excluding hydrogens is 268 g/mol. The fourth-order valence-electron chi connectivity index (χ4n) is 2.56. The maximum atomic E-state index is 12.3. The number of carbonyl (C=O) groups is 1. The molecule has 3 heterocycles. The minimum absolute atomic E-state index is 0.113. The first-order chi connectivity index (χ1) is 10.2. The molecule has 2 amide bonds. The summed E-state index contributed by atoms with van der Waals surface area (Å²) in [6.45, 7) is 3.29. The van der Waals surface area contributed by atoms with Gasteiger partial charge in [-0.3, -0.25) is 5.32 Å². The Balaban J connectivity index is 1.64. The van der Waals surface area contributed by atoms with Gasteiger partial charge in [-0.1, -0.05) is 6.07 Å². The zero-order valence-electron chi connectivity index (χ0n) is 11.9. The van der Waals surface area contributed by atoms with Gasteiger partial charge in [-0.25, -0.2) is 19.4 Å². The predicted molar refractivity (Wildman–Crippen MR) is 77.9 cm³/mol. The molecule has 1 fully saturated rings. The Labute approximate surface area is 123 Å². The second-order valence-electron chi connectivity index (χ2n) is 5.21. The molecule has 0 radical (unpaired) electrons. The molecule has 1 atom stereocenters. The summed E-state index contributed by atoms with van der Waals surface area (Å²) < 4.78 is 1.82. The van der Waals surface area contributed by atoms with Crippen molar-refractivity contribution in [1.82, 2.24) is 24.6 Å². The minimum atomic E-state index is -0.113. The fraction of sp³-hybridized carbons (Fsp3) is 0.429. The number of nitrogens with one attached hydrogen (secondary N) is 1. The van der Waals surface area contributed by atoms with Gasteiger partial charge >= 0.3 is 6.03 Å². The summed E-state index contributed by atoms with van der Waals surface area (Å²) >= 11 is 0. The predicted octanol–water partition coefficient (Wildman–Crippen LogP) is 1.85. The molecule has 0 unspecified atom stereocenters. The van der Waals surface area contributed by atoms with Crippen LogP contribution in [-0.4, -0.2) is 43.8 Å². The number of anilines is 1. The molecule has 1 aliphatic heterocycles. The summed E-state index contributed by atoms with van der Waals surface area (Å²) in [6.07, 6.45) is 5.19. The van der Waals surface area contributed by atoms with Crippen LogP contribution in [0.4, 0.5) is 10.6 Å². The maximum Gasteiger partial charge on any atom is 0.323 e. The van der Waals surface area contributed by atoms with Crippen LogP contribution in [0.25, 0.3) is 0 Å². The number of rotatable bonds is 2. The van der Waals surface area contributed by atoms with Crippen molar-refractivity contribution in [3.8, 4) is 0 Å². The molecule has 7 heteroatoms. The fourth-order valence-corrected chi connectivity index (χ4v) is 2.56. The quantitative estimate of drug-likeness (QED) is 0.914. The van der Waals surface area contributed by atoms with Crippen LogP contribution in [0.1, 0.15) is 24.6 Å². The Morgan fingerprint density at radius 1 is 1.43 bits per heavy atom. The van der Waals surface area contributed by atoms with E-state index >= 15 is 0 Å². The summed E-state index contributed by atoms with van der Waals surface area (Å²) in [4.78, 5) is 22.4. The molecule has 0 bridgehead atoms. The van der Waals surface area contributed by atoms with E-state index in [9.17, 15) is 4.79 Å². The number of hydrogen-bond donors (Lipinski definition) is 1. The lowest BCUT2D eigenvalue weighted by Crippen LogP contribution is -2.43. The molecule has 110 valence electrons. The van der Waals surface area contributed by atoms with Crippen molar-refractivity contribution in [2.24, 2.45) is 0 Å². The molecule has 21 heavy (non-hydrogen) atoms. The molecule has 0 spiro atoms. The molecule has 1 aliphatic rings. The Kier molecular flexibility index (Phi) is 3.81. The lowest BCUT2D eigenvalue weighted by atomic mass is 10.1. The van der Waals surface area contributed by atoms with Crippen LogP contribution in [0.2, 0.25) is 0 Å². The lowest BCUT2D eigenvalue weighted by molar-refractivity contribution is 0.174. The van der Waals surface area contributed by atoms with Crippen LogP contribution >= 0.6 is 0 Å². The molecule has 7 nitrogen and oxygen atoms in total. The minimum Gasteiger partial charge on any atom is -0.322 e. The number of aromatic nitrogens is 4. The summed E-state index contributed by atoms with van der Waals surface area (Å²) in [5.41, 5.74) is 0.881. The third-order valence-electron chi connectivity index (χ3n) is 3.62. The largest absolute Gasteiger partial charge is 0.323 e. The van der Waals surface area contributed by atoms with E-state index in [0.717, 1.165) is 25.1 Å². The van der Waals surface area contributed by atoms with E-state index < -0.39 is 0 Å². The van der Waals surface area contributed by atoms with E-state index in [1.807, 2.05) is 23.7 Å². The van der Waals surface area contributed by atoms with E-state index in [4.69, 9.17) is 0 Å². The van der Waals surface area contributed by atoms with Crippen LogP contribution in [0, 0.1) is 6.92 Å².